The van der Waals surface area contributed by atoms with Gasteiger partial charge in [-0.3, -0.25) is 0 Å². The lowest BCUT2D eigenvalue weighted by Gasteiger charge is -2.28. The Morgan fingerprint density at radius 1 is 1.62 bits per heavy atom. The number of rotatable bonds is 3. The summed E-state index contributed by atoms with van der Waals surface area (Å²) in [5, 5.41) is 6.43. The van der Waals surface area contributed by atoms with E-state index >= 15 is 0 Å². The van der Waals surface area contributed by atoms with Crippen molar-refractivity contribution in [1.82, 2.24) is 15.3 Å². The fourth-order valence-electron chi connectivity index (χ4n) is 1.12. The molecule has 1 aliphatic rings. The van der Waals surface area contributed by atoms with Crippen molar-refractivity contribution in [2.24, 2.45) is 0 Å². The second kappa shape index (κ2) is 3.57. The van der Waals surface area contributed by atoms with Gasteiger partial charge in [-0.1, -0.05) is 0 Å². The molecule has 2 N–H and O–H groups in total. The normalized spacial score (nSPS) is 16.4. The van der Waals surface area contributed by atoms with Crippen molar-refractivity contribution in [2.45, 2.75) is 6.04 Å². The Labute approximate surface area is 76.5 Å². The fourth-order valence-corrected chi connectivity index (χ4v) is 1.12. The van der Waals surface area contributed by atoms with Gasteiger partial charge in [-0.2, -0.15) is 4.98 Å². The minimum atomic E-state index is 0.400. The summed E-state index contributed by atoms with van der Waals surface area (Å²) in [7, 11) is 1.56. The van der Waals surface area contributed by atoms with Gasteiger partial charge in [-0.15, -0.1) is 0 Å². The summed E-state index contributed by atoms with van der Waals surface area (Å²) >= 11 is 0. The van der Waals surface area contributed by atoms with Crippen molar-refractivity contribution in [2.75, 3.05) is 25.5 Å². The predicted molar refractivity (Wildman–Crippen MR) is 48.9 cm³/mol. The maximum Gasteiger partial charge on any atom is 0.318 e. The average molecular weight is 180 g/mol. The SMILES string of the molecule is COc1nccc(NC2CNC2)n1. The highest BCUT2D eigenvalue weighted by Crippen LogP contribution is 2.09. The number of aromatic nitrogens is 2. The highest BCUT2D eigenvalue weighted by Gasteiger charge is 2.16. The maximum absolute atomic E-state index is 4.91. The van der Waals surface area contributed by atoms with Crippen LogP contribution in [0.1, 0.15) is 0 Å². The van der Waals surface area contributed by atoms with Gasteiger partial charge in [0.05, 0.1) is 13.2 Å². The van der Waals surface area contributed by atoms with Crippen LogP contribution in [0.5, 0.6) is 6.01 Å². The summed E-state index contributed by atoms with van der Waals surface area (Å²) in [5.41, 5.74) is 0. The lowest BCUT2D eigenvalue weighted by molar-refractivity contribution is 0.379. The molecule has 0 atom stereocenters. The van der Waals surface area contributed by atoms with Crippen LogP contribution in [0.2, 0.25) is 0 Å². The molecule has 0 spiro atoms. The van der Waals surface area contributed by atoms with E-state index in [0.717, 1.165) is 18.9 Å². The molecule has 0 radical (unpaired) electrons. The van der Waals surface area contributed by atoms with Crippen LogP contribution in [0.3, 0.4) is 0 Å². The van der Waals surface area contributed by atoms with Crippen molar-refractivity contribution in [3.8, 4) is 6.01 Å². The third kappa shape index (κ3) is 1.86. The molecule has 13 heavy (non-hydrogen) atoms. The molecule has 1 aromatic rings. The van der Waals surface area contributed by atoms with E-state index in [0.29, 0.717) is 12.1 Å². The molecule has 70 valence electrons. The summed E-state index contributed by atoms with van der Waals surface area (Å²) < 4.78 is 4.91. The van der Waals surface area contributed by atoms with E-state index in [1.54, 1.807) is 13.3 Å². The molecule has 5 nitrogen and oxygen atoms in total. The molecular weight excluding hydrogens is 168 g/mol. The van der Waals surface area contributed by atoms with Crippen molar-refractivity contribution < 1.29 is 4.74 Å². The van der Waals surface area contributed by atoms with Gasteiger partial charge >= 0.3 is 6.01 Å². The van der Waals surface area contributed by atoms with Crippen LogP contribution in [0.15, 0.2) is 12.3 Å². The van der Waals surface area contributed by atoms with Gasteiger partial charge in [-0.05, 0) is 6.07 Å². The zero-order valence-electron chi connectivity index (χ0n) is 7.45. The van der Waals surface area contributed by atoms with Crippen molar-refractivity contribution in [1.29, 1.82) is 0 Å². The molecule has 5 heteroatoms. The van der Waals surface area contributed by atoms with Crippen LogP contribution in [0.25, 0.3) is 0 Å². The van der Waals surface area contributed by atoms with E-state index in [2.05, 4.69) is 20.6 Å². The highest BCUT2D eigenvalue weighted by atomic mass is 16.5. The van der Waals surface area contributed by atoms with E-state index in [1.807, 2.05) is 6.07 Å². The first-order valence-corrected chi connectivity index (χ1v) is 4.23. The fraction of sp³-hybridized carbons (Fsp3) is 0.500. The zero-order valence-corrected chi connectivity index (χ0v) is 7.45. The van der Waals surface area contributed by atoms with Gasteiger partial charge in [0, 0.05) is 19.3 Å². The second-order valence-electron chi connectivity index (χ2n) is 2.93. The van der Waals surface area contributed by atoms with Crippen LogP contribution in [-0.2, 0) is 0 Å². The summed E-state index contributed by atoms with van der Waals surface area (Å²) in [6, 6.07) is 2.72. The molecular formula is C8H12N4O. The number of nitrogens with one attached hydrogen (secondary N) is 2. The predicted octanol–water partition coefficient (Wildman–Crippen LogP) is -0.131. The number of methoxy groups -OCH3 is 1. The minimum absolute atomic E-state index is 0.400. The topological polar surface area (TPSA) is 59.1 Å². The monoisotopic (exact) mass is 180 g/mol. The van der Waals surface area contributed by atoms with Crippen LogP contribution in [0, 0.1) is 0 Å². The Morgan fingerprint density at radius 3 is 3.08 bits per heavy atom. The number of anilines is 1. The van der Waals surface area contributed by atoms with Crippen LogP contribution in [0.4, 0.5) is 5.82 Å². The summed E-state index contributed by atoms with van der Waals surface area (Å²) in [4.78, 5) is 8.06. The number of hydrogen-bond acceptors (Lipinski definition) is 5. The Hall–Kier alpha value is -1.36. The quantitative estimate of drug-likeness (QED) is 0.678. The smallest absolute Gasteiger partial charge is 0.318 e. The second-order valence-corrected chi connectivity index (χ2v) is 2.93. The van der Waals surface area contributed by atoms with E-state index in [9.17, 15) is 0 Å². The molecule has 1 saturated heterocycles. The Balaban J connectivity index is 2.01. The largest absolute Gasteiger partial charge is 0.467 e. The molecule has 2 rings (SSSR count). The number of ether oxygens (including phenoxy) is 1. The van der Waals surface area contributed by atoms with Crippen molar-refractivity contribution in [3.63, 3.8) is 0 Å². The Morgan fingerprint density at radius 2 is 2.46 bits per heavy atom. The third-order valence-corrected chi connectivity index (χ3v) is 1.95. The van der Waals surface area contributed by atoms with Crippen molar-refractivity contribution in [3.05, 3.63) is 12.3 Å². The first kappa shape index (κ1) is 8.25. The van der Waals surface area contributed by atoms with Gasteiger partial charge < -0.3 is 15.4 Å². The number of nitrogens with zero attached hydrogens (tertiary/aromatic N) is 2. The zero-order chi connectivity index (χ0) is 9.10. The molecule has 0 aliphatic carbocycles. The molecule has 0 amide bonds. The summed E-state index contributed by atoms with van der Waals surface area (Å²) in [6.45, 7) is 1.98. The molecule has 0 aromatic carbocycles. The summed E-state index contributed by atoms with van der Waals surface area (Å²) in [5.74, 6) is 0.818. The van der Waals surface area contributed by atoms with E-state index < -0.39 is 0 Å². The van der Waals surface area contributed by atoms with Gasteiger partial charge in [0.2, 0.25) is 0 Å². The molecule has 1 aliphatic heterocycles. The average Bonchev–Trinajstić information content (AvgIpc) is 2.12. The van der Waals surface area contributed by atoms with Gasteiger partial charge in [0.15, 0.2) is 0 Å². The third-order valence-electron chi connectivity index (χ3n) is 1.95. The first-order chi connectivity index (χ1) is 6.38. The lowest BCUT2D eigenvalue weighted by Crippen LogP contribution is -2.51. The molecule has 1 aromatic heterocycles. The number of hydrogen-bond donors (Lipinski definition) is 2. The van der Waals surface area contributed by atoms with E-state index in [-0.39, 0.29) is 0 Å². The Bertz CT molecular complexity index is 287. The maximum atomic E-state index is 4.91. The van der Waals surface area contributed by atoms with E-state index in [1.165, 1.54) is 0 Å². The molecule has 0 unspecified atom stereocenters. The Kier molecular flexibility index (Phi) is 2.27. The van der Waals surface area contributed by atoms with Gasteiger partial charge in [-0.25, -0.2) is 4.98 Å². The summed E-state index contributed by atoms with van der Waals surface area (Å²) in [6.07, 6.45) is 1.68. The van der Waals surface area contributed by atoms with Crippen LogP contribution in [-0.4, -0.2) is 36.2 Å². The van der Waals surface area contributed by atoms with Crippen LogP contribution < -0.4 is 15.4 Å². The lowest BCUT2D eigenvalue weighted by atomic mass is 10.2. The van der Waals surface area contributed by atoms with Crippen LogP contribution >= 0.6 is 0 Å². The van der Waals surface area contributed by atoms with Crippen molar-refractivity contribution >= 4 is 5.82 Å². The molecule has 2 heterocycles. The van der Waals surface area contributed by atoms with Gasteiger partial charge in [0.1, 0.15) is 5.82 Å². The van der Waals surface area contributed by atoms with Gasteiger partial charge in [0.25, 0.3) is 0 Å². The minimum Gasteiger partial charge on any atom is -0.467 e. The molecule has 1 fully saturated rings. The highest BCUT2D eigenvalue weighted by molar-refractivity contribution is 5.36. The molecule has 0 saturated carbocycles. The molecule has 0 bridgehead atoms. The standard InChI is InChI=1S/C8H12N4O/c1-13-8-10-3-2-7(12-8)11-6-4-9-5-6/h2-3,6,9H,4-5H2,1H3,(H,10,11,12). The van der Waals surface area contributed by atoms with E-state index in [4.69, 9.17) is 4.74 Å². The first-order valence-electron chi connectivity index (χ1n) is 4.23.